The molecular weight excluding hydrogens is 402 g/mol. The number of nitrogens with zero attached hydrogens (tertiary/aromatic N) is 3. The smallest absolute Gasteiger partial charge is 0.246 e. The molecule has 1 atom stereocenters. The number of hydrogen-bond donors (Lipinski definition) is 2. The number of piperidine rings is 1. The van der Waals surface area contributed by atoms with Crippen LogP contribution in [-0.4, -0.2) is 45.6 Å². The fourth-order valence-electron chi connectivity index (χ4n) is 3.74. The van der Waals surface area contributed by atoms with Gasteiger partial charge in [-0.3, -0.25) is 10.2 Å². The molecule has 7 nitrogen and oxygen atoms in total. The van der Waals surface area contributed by atoms with Gasteiger partial charge in [-0.25, -0.2) is 9.97 Å². The highest BCUT2D eigenvalue weighted by Gasteiger charge is 2.24. The Balaban J connectivity index is 1.52. The molecule has 1 unspecified atom stereocenters. The highest BCUT2D eigenvalue weighted by atomic mass is 16.5. The highest BCUT2D eigenvalue weighted by molar-refractivity contribution is 6.13. The first-order valence-electron chi connectivity index (χ1n) is 10.5. The van der Waals surface area contributed by atoms with Gasteiger partial charge in [0.1, 0.15) is 23.6 Å². The summed E-state index contributed by atoms with van der Waals surface area (Å²) in [5.41, 5.74) is 1.58. The molecular formula is C25H25N5O2. The summed E-state index contributed by atoms with van der Waals surface area (Å²) in [4.78, 5) is 22.3. The number of amides is 1. The minimum Gasteiger partial charge on any atom is -0.457 e. The van der Waals surface area contributed by atoms with E-state index in [1.165, 1.54) is 12.4 Å². The molecule has 2 aromatic carbocycles. The molecule has 162 valence electrons. The van der Waals surface area contributed by atoms with E-state index in [9.17, 15) is 4.79 Å². The quantitative estimate of drug-likeness (QED) is 0.434. The van der Waals surface area contributed by atoms with E-state index in [0.717, 1.165) is 25.1 Å². The molecule has 1 amide bonds. The Morgan fingerprint density at radius 1 is 1.19 bits per heavy atom. The number of nitrogens with one attached hydrogen (secondary N) is 2. The molecule has 1 aliphatic rings. The second-order valence-electron chi connectivity index (χ2n) is 7.57. The molecule has 2 heterocycles. The minimum atomic E-state index is -0.0672. The molecule has 0 aliphatic carbocycles. The van der Waals surface area contributed by atoms with E-state index in [1.54, 1.807) is 11.1 Å². The van der Waals surface area contributed by atoms with E-state index in [0.29, 0.717) is 35.0 Å². The molecule has 7 heteroatoms. The molecule has 32 heavy (non-hydrogen) atoms. The maximum atomic E-state index is 12.0. The number of benzene rings is 2. The third-order valence-corrected chi connectivity index (χ3v) is 5.33. The molecule has 0 spiro atoms. The Hall–Kier alpha value is -4.00. The normalized spacial score (nSPS) is 15.6. The van der Waals surface area contributed by atoms with Crippen LogP contribution in [0.3, 0.4) is 0 Å². The highest BCUT2D eigenvalue weighted by Crippen LogP contribution is 2.25. The number of hydrogen-bond acceptors (Lipinski definition) is 6. The molecule has 0 saturated carbocycles. The fourth-order valence-corrected chi connectivity index (χ4v) is 3.74. The third kappa shape index (κ3) is 5.00. The van der Waals surface area contributed by atoms with Crippen molar-refractivity contribution in [1.82, 2.24) is 14.9 Å². The number of likely N-dealkylation sites (tertiary alicyclic amines) is 1. The van der Waals surface area contributed by atoms with Gasteiger partial charge in [0.05, 0.1) is 11.3 Å². The van der Waals surface area contributed by atoms with Crippen LogP contribution in [0.2, 0.25) is 0 Å². The summed E-state index contributed by atoms with van der Waals surface area (Å²) >= 11 is 0. The van der Waals surface area contributed by atoms with Crippen molar-refractivity contribution < 1.29 is 9.53 Å². The average Bonchev–Trinajstić information content (AvgIpc) is 2.84. The van der Waals surface area contributed by atoms with Crippen molar-refractivity contribution in [1.29, 1.82) is 5.41 Å². The van der Waals surface area contributed by atoms with Crippen LogP contribution in [0.15, 0.2) is 79.8 Å². The third-order valence-electron chi connectivity index (χ3n) is 5.33. The Bertz CT molecular complexity index is 1120. The van der Waals surface area contributed by atoms with Crippen LogP contribution < -0.4 is 10.1 Å². The molecule has 1 aliphatic heterocycles. The summed E-state index contributed by atoms with van der Waals surface area (Å²) in [6, 6.07) is 17.0. The number of carbonyl (C=O) groups is 1. The van der Waals surface area contributed by atoms with E-state index < -0.39 is 0 Å². The molecule has 0 bridgehead atoms. The summed E-state index contributed by atoms with van der Waals surface area (Å²) < 4.78 is 5.91. The lowest BCUT2D eigenvalue weighted by Crippen LogP contribution is -2.44. The Kier molecular flexibility index (Phi) is 6.55. The summed E-state index contributed by atoms with van der Waals surface area (Å²) in [6.45, 7) is 4.88. The molecule has 3 aromatic rings. The predicted molar refractivity (Wildman–Crippen MR) is 124 cm³/mol. The Morgan fingerprint density at radius 2 is 2.00 bits per heavy atom. The monoisotopic (exact) mass is 427 g/mol. The van der Waals surface area contributed by atoms with Crippen LogP contribution in [0.4, 0.5) is 5.82 Å². The standard InChI is InChI=1S/C25H25N5O2/c1-2-23(31)30-13-7-9-19(16-30)29-25-22(15-27-17-28-25)24(26)18-8-6-12-21(14-18)32-20-10-4-3-5-11-20/h2-6,8,10-12,14-15,17,19,26H,1,7,9,13,16H2,(H,27,28,29). The lowest BCUT2D eigenvalue weighted by molar-refractivity contribution is -0.127. The lowest BCUT2D eigenvalue weighted by atomic mass is 10.0. The van der Waals surface area contributed by atoms with Gasteiger partial charge in [0.15, 0.2) is 0 Å². The summed E-state index contributed by atoms with van der Waals surface area (Å²) in [6.07, 6.45) is 6.26. The SMILES string of the molecule is C=CC(=O)N1CCCC(Nc2ncncc2C(=N)c2cccc(Oc3ccccc3)c2)C1. The first-order valence-corrected chi connectivity index (χ1v) is 10.5. The predicted octanol–water partition coefficient (Wildman–Crippen LogP) is 4.27. The van der Waals surface area contributed by atoms with E-state index in [4.69, 9.17) is 10.1 Å². The van der Waals surface area contributed by atoms with Crippen molar-refractivity contribution >= 4 is 17.4 Å². The van der Waals surface area contributed by atoms with Crippen LogP contribution >= 0.6 is 0 Å². The zero-order chi connectivity index (χ0) is 22.3. The second-order valence-corrected chi connectivity index (χ2v) is 7.57. The van der Waals surface area contributed by atoms with E-state index in [1.807, 2.05) is 54.6 Å². The first kappa shape index (κ1) is 21.2. The van der Waals surface area contributed by atoms with Crippen molar-refractivity contribution in [3.63, 3.8) is 0 Å². The number of anilines is 1. The zero-order valence-electron chi connectivity index (χ0n) is 17.7. The van der Waals surface area contributed by atoms with Crippen LogP contribution in [0.5, 0.6) is 11.5 Å². The van der Waals surface area contributed by atoms with Gasteiger partial charge in [-0.05, 0) is 43.2 Å². The van der Waals surface area contributed by atoms with Gasteiger partial charge in [-0.1, -0.05) is 36.9 Å². The summed E-state index contributed by atoms with van der Waals surface area (Å²) in [5.74, 6) is 1.90. The van der Waals surface area contributed by atoms with Crippen LogP contribution in [0, 0.1) is 5.41 Å². The Morgan fingerprint density at radius 3 is 2.81 bits per heavy atom. The van der Waals surface area contributed by atoms with Crippen molar-refractivity contribution in [2.24, 2.45) is 0 Å². The molecule has 1 fully saturated rings. The van der Waals surface area contributed by atoms with Gasteiger partial charge >= 0.3 is 0 Å². The number of aromatic nitrogens is 2. The van der Waals surface area contributed by atoms with E-state index >= 15 is 0 Å². The summed E-state index contributed by atoms with van der Waals surface area (Å²) in [5, 5.41) is 12.2. The number of ether oxygens (including phenoxy) is 1. The van der Waals surface area contributed by atoms with Gasteiger partial charge in [-0.2, -0.15) is 0 Å². The Labute approximate surface area is 187 Å². The minimum absolute atomic E-state index is 0.0434. The first-order chi connectivity index (χ1) is 15.6. The number of carbonyl (C=O) groups excluding carboxylic acids is 1. The number of para-hydroxylation sites is 1. The summed E-state index contributed by atoms with van der Waals surface area (Å²) in [7, 11) is 0. The van der Waals surface area contributed by atoms with E-state index in [-0.39, 0.29) is 11.9 Å². The van der Waals surface area contributed by atoms with E-state index in [2.05, 4.69) is 21.9 Å². The maximum absolute atomic E-state index is 12.0. The van der Waals surface area contributed by atoms with Gasteiger partial charge in [0.2, 0.25) is 5.91 Å². The van der Waals surface area contributed by atoms with Gasteiger partial charge in [0, 0.05) is 30.9 Å². The molecule has 2 N–H and O–H groups in total. The van der Waals surface area contributed by atoms with Gasteiger partial charge in [-0.15, -0.1) is 0 Å². The second kappa shape index (κ2) is 9.87. The van der Waals surface area contributed by atoms with Crippen molar-refractivity contribution in [3.8, 4) is 11.5 Å². The zero-order valence-corrected chi connectivity index (χ0v) is 17.7. The number of rotatable bonds is 7. The van der Waals surface area contributed by atoms with Crippen LogP contribution in [-0.2, 0) is 4.79 Å². The van der Waals surface area contributed by atoms with Crippen molar-refractivity contribution in [2.75, 3.05) is 18.4 Å². The average molecular weight is 428 g/mol. The molecule has 1 saturated heterocycles. The topological polar surface area (TPSA) is 91.2 Å². The molecule has 0 radical (unpaired) electrons. The maximum Gasteiger partial charge on any atom is 0.246 e. The van der Waals surface area contributed by atoms with Gasteiger partial charge in [0.25, 0.3) is 0 Å². The lowest BCUT2D eigenvalue weighted by Gasteiger charge is -2.33. The van der Waals surface area contributed by atoms with Gasteiger partial charge < -0.3 is 15.0 Å². The van der Waals surface area contributed by atoms with Crippen LogP contribution in [0.25, 0.3) is 0 Å². The largest absolute Gasteiger partial charge is 0.457 e. The van der Waals surface area contributed by atoms with Crippen molar-refractivity contribution in [3.05, 3.63) is 90.9 Å². The molecule has 4 rings (SSSR count). The van der Waals surface area contributed by atoms with Crippen LogP contribution in [0.1, 0.15) is 24.0 Å². The van der Waals surface area contributed by atoms with Crippen molar-refractivity contribution in [2.45, 2.75) is 18.9 Å². The molecule has 1 aromatic heterocycles. The fraction of sp³-hybridized carbons (Fsp3) is 0.200.